The first-order valence-corrected chi connectivity index (χ1v) is 6.76. The molecule has 0 aromatic heterocycles. The molecule has 0 fully saturated rings. The summed E-state index contributed by atoms with van der Waals surface area (Å²) in [5, 5.41) is 4.12. The second-order valence-corrected chi connectivity index (χ2v) is 5.23. The van der Waals surface area contributed by atoms with Gasteiger partial charge in [0.2, 0.25) is 0 Å². The van der Waals surface area contributed by atoms with Gasteiger partial charge in [-0.25, -0.2) is 0 Å². The molecule has 98 valence electrons. The van der Waals surface area contributed by atoms with Crippen LogP contribution in [-0.2, 0) is 6.61 Å². The predicted molar refractivity (Wildman–Crippen MR) is 81.7 cm³/mol. The van der Waals surface area contributed by atoms with Crippen LogP contribution in [-0.4, -0.2) is 6.21 Å². The Hall–Kier alpha value is -1.52. The van der Waals surface area contributed by atoms with Gasteiger partial charge >= 0.3 is 0 Å². The van der Waals surface area contributed by atoms with Crippen molar-refractivity contribution in [3.8, 4) is 5.75 Å². The maximum Gasteiger partial charge on any atom is 0.128 e. The van der Waals surface area contributed by atoms with E-state index in [9.17, 15) is 0 Å². The van der Waals surface area contributed by atoms with Crippen LogP contribution in [0.4, 0.5) is 0 Å². The highest BCUT2D eigenvalue weighted by Gasteiger charge is 2.03. The standard InChI is InChI=1S/C14H12BrClN2O/c15-12-3-1-10(2-4-12)9-19-14-6-5-13(16)7-11(14)8-18-17/h1-8H,9,17H2. The van der Waals surface area contributed by atoms with E-state index < -0.39 is 0 Å². The third-order valence-corrected chi connectivity index (χ3v) is 3.26. The molecule has 2 rings (SSSR count). The van der Waals surface area contributed by atoms with Gasteiger partial charge < -0.3 is 10.6 Å². The highest BCUT2D eigenvalue weighted by Crippen LogP contribution is 2.22. The summed E-state index contributed by atoms with van der Waals surface area (Å²) in [6.07, 6.45) is 1.52. The molecule has 0 radical (unpaired) electrons. The fourth-order valence-corrected chi connectivity index (χ4v) is 2.02. The number of hydrazone groups is 1. The van der Waals surface area contributed by atoms with E-state index >= 15 is 0 Å². The zero-order valence-electron chi connectivity index (χ0n) is 10.0. The third kappa shape index (κ3) is 3.98. The summed E-state index contributed by atoms with van der Waals surface area (Å²) < 4.78 is 6.79. The third-order valence-electron chi connectivity index (χ3n) is 2.49. The lowest BCUT2D eigenvalue weighted by molar-refractivity contribution is 0.306. The Kier molecular flexibility index (Phi) is 4.82. The summed E-state index contributed by atoms with van der Waals surface area (Å²) in [5.41, 5.74) is 1.83. The van der Waals surface area contributed by atoms with E-state index in [-0.39, 0.29) is 0 Å². The maximum absolute atomic E-state index is 5.92. The minimum Gasteiger partial charge on any atom is -0.488 e. The SMILES string of the molecule is NN=Cc1cc(Cl)ccc1OCc1ccc(Br)cc1. The first kappa shape index (κ1) is 13.9. The van der Waals surface area contributed by atoms with Crippen LogP contribution < -0.4 is 10.6 Å². The quantitative estimate of drug-likeness (QED) is 0.520. The fourth-order valence-electron chi connectivity index (χ4n) is 1.57. The van der Waals surface area contributed by atoms with Gasteiger partial charge in [0.1, 0.15) is 12.4 Å². The highest BCUT2D eigenvalue weighted by molar-refractivity contribution is 9.10. The number of rotatable bonds is 4. The second kappa shape index (κ2) is 6.59. The van der Waals surface area contributed by atoms with Crippen molar-refractivity contribution in [3.63, 3.8) is 0 Å². The molecule has 0 spiro atoms. The van der Waals surface area contributed by atoms with Crippen LogP contribution in [0.1, 0.15) is 11.1 Å². The van der Waals surface area contributed by atoms with Crippen molar-refractivity contribution in [1.29, 1.82) is 0 Å². The molecule has 0 aliphatic heterocycles. The molecule has 2 aromatic carbocycles. The summed E-state index contributed by atoms with van der Waals surface area (Å²) in [6.45, 7) is 0.473. The first-order valence-electron chi connectivity index (χ1n) is 5.59. The minimum absolute atomic E-state index is 0.473. The highest BCUT2D eigenvalue weighted by atomic mass is 79.9. The Labute approximate surface area is 125 Å². The van der Waals surface area contributed by atoms with Crippen LogP contribution in [0.25, 0.3) is 0 Å². The summed E-state index contributed by atoms with van der Waals surface area (Å²) in [5.74, 6) is 5.86. The molecule has 19 heavy (non-hydrogen) atoms. The Balaban J connectivity index is 2.12. The molecule has 0 atom stereocenters. The lowest BCUT2D eigenvalue weighted by Crippen LogP contribution is -1.99. The van der Waals surface area contributed by atoms with Crippen molar-refractivity contribution in [2.75, 3.05) is 0 Å². The van der Waals surface area contributed by atoms with E-state index in [4.69, 9.17) is 22.2 Å². The number of hydrogen-bond donors (Lipinski definition) is 1. The van der Waals surface area contributed by atoms with E-state index in [1.54, 1.807) is 18.2 Å². The van der Waals surface area contributed by atoms with E-state index in [2.05, 4.69) is 21.0 Å². The van der Waals surface area contributed by atoms with Gasteiger partial charge in [-0.15, -0.1) is 0 Å². The summed E-state index contributed by atoms with van der Waals surface area (Å²) >= 11 is 9.32. The summed E-state index contributed by atoms with van der Waals surface area (Å²) in [4.78, 5) is 0. The lowest BCUT2D eigenvalue weighted by Gasteiger charge is -2.09. The number of nitrogens with zero attached hydrogens (tertiary/aromatic N) is 1. The van der Waals surface area contributed by atoms with Crippen LogP contribution in [0.2, 0.25) is 5.02 Å². The van der Waals surface area contributed by atoms with Crippen LogP contribution in [0.5, 0.6) is 5.75 Å². The van der Waals surface area contributed by atoms with Gasteiger partial charge in [0, 0.05) is 15.1 Å². The Morgan fingerprint density at radius 1 is 1.21 bits per heavy atom. The number of nitrogens with two attached hydrogens (primary N) is 1. The van der Waals surface area contributed by atoms with Crippen LogP contribution in [0.15, 0.2) is 52.0 Å². The fraction of sp³-hybridized carbons (Fsp3) is 0.0714. The Morgan fingerprint density at radius 2 is 1.95 bits per heavy atom. The molecule has 3 nitrogen and oxygen atoms in total. The number of hydrogen-bond acceptors (Lipinski definition) is 3. The zero-order valence-corrected chi connectivity index (χ0v) is 12.4. The molecule has 2 aromatic rings. The number of benzene rings is 2. The molecular weight excluding hydrogens is 328 g/mol. The number of ether oxygens (including phenoxy) is 1. The zero-order chi connectivity index (χ0) is 13.7. The van der Waals surface area contributed by atoms with Gasteiger partial charge in [0.25, 0.3) is 0 Å². The monoisotopic (exact) mass is 338 g/mol. The lowest BCUT2D eigenvalue weighted by atomic mass is 10.2. The van der Waals surface area contributed by atoms with Crippen LogP contribution >= 0.6 is 27.5 Å². The average Bonchev–Trinajstić information content (AvgIpc) is 2.40. The van der Waals surface area contributed by atoms with Crippen molar-refractivity contribution < 1.29 is 4.74 Å². The van der Waals surface area contributed by atoms with Crippen molar-refractivity contribution >= 4 is 33.7 Å². The molecular formula is C14H12BrClN2O. The van der Waals surface area contributed by atoms with Crippen LogP contribution in [0.3, 0.4) is 0 Å². The molecule has 0 bridgehead atoms. The summed E-state index contributed by atoms with van der Waals surface area (Å²) in [6, 6.07) is 13.3. The topological polar surface area (TPSA) is 47.6 Å². The molecule has 0 saturated carbocycles. The van der Waals surface area contributed by atoms with E-state index in [1.165, 1.54) is 6.21 Å². The smallest absolute Gasteiger partial charge is 0.128 e. The van der Waals surface area contributed by atoms with Crippen molar-refractivity contribution in [1.82, 2.24) is 0 Å². The van der Waals surface area contributed by atoms with Crippen LogP contribution in [0, 0.1) is 0 Å². The average molecular weight is 340 g/mol. The molecule has 2 N–H and O–H groups in total. The molecule has 0 aliphatic carbocycles. The van der Waals surface area contributed by atoms with Crippen molar-refractivity contribution in [2.24, 2.45) is 10.9 Å². The molecule has 0 unspecified atom stereocenters. The molecule has 0 amide bonds. The first-order chi connectivity index (χ1) is 9.19. The molecule has 0 saturated heterocycles. The second-order valence-electron chi connectivity index (χ2n) is 3.88. The largest absolute Gasteiger partial charge is 0.488 e. The van der Waals surface area contributed by atoms with E-state index in [0.29, 0.717) is 17.4 Å². The summed E-state index contributed by atoms with van der Waals surface area (Å²) in [7, 11) is 0. The van der Waals surface area contributed by atoms with Gasteiger partial charge in [-0.05, 0) is 35.9 Å². The van der Waals surface area contributed by atoms with Crippen molar-refractivity contribution in [3.05, 3.63) is 63.1 Å². The maximum atomic E-state index is 5.92. The van der Waals surface area contributed by atoms with Crippen molar-refractivity contribution in [2.45, 2.75) is 6.61 Å². The van der Waals surface area contributed by atoms with E-state index in [0.717, 1.165) is 15.6 Å². The van der Waals surface area contributed by atoms with Gasteiger partial charge in [0.05, 0.1) is 6.21 Å². The van der Waals surface area contributed by atoms with Gasteiger partial charge in [0.15, 0.2) is 0 Å². The normalized spacial score (nSPS) is 10.8. The van der Waals surface area contributed by atoms with E-state index in [1.807, 2.05) is 24.3 Å². The van der Waals surface area contributed by atoms with Gasteiger partial charge in [-0.2, -0.15) is 5.10 Å². The number of halogens is 2. The predicted octanol–water partition coefficient (Wildman–Crippen LogP) is 3.97. The molecule has 0 heterocycles. The molecule has 5 heteroatoms. The Bertz CT molecular complexity index is 584. The van der Waals surface area contributed by atoms with Gasteiger partial charge in [-0.1, -0.05) is 39.7 Å². The Morgan fingerprint density at radius 3 is 2.63 bits per heavy atom. The minimum atomic E-state index is 0.473. The molecule has 0 aliphatic rings. The van der Waals surface area contributed by atoms with Gasteiger partial charge in [-0.3, -0.25) is 0 Å².